The van der Waals surface area contributed by atoms with Crippen LogP contribution in [0, 0.1) is 10.1 Å². The summed E-state index contributed by atoms with van der Waals surface area (Å²) >= 11 is 6.12. The number of hydrogen-bond donors (Lipinski definition) is 1. The van der Waals surface area contributed by atoms with Gasteiger partial charge in [0, 0.05) is 11.8 Å². The predicted molar refractivity (Wildman–Crippen MR) is 73.2 cm³/mol. The molecule has 2 rings (SSSR count). The number of hydrogen-bond acceptors (Lipinski definition) is 5. The largest absolute Gasteiger partial charge is 0.434 e. The second-order valence-corrected chi connectivity index (χ2v) is 5.17. The van der Waals surface area contributed by atoms with Gasteiger partial charge in [0.05, 0.1) is 10.4 Å². The number of nitrogens with zero attached hydrogens (tertiary/aromatic N) is 2. The van der Waals surface area contributed by atoms with Crippen LogP contribution in [0.3, 0.4) is 0 Å². The topological polar surface area (TPSA) is 85.1 Å². The molecule has 0 fully saturated rings. The summed E-state index contributed by atoms with van der Waals surface area (Å²) in [5.41, 5.74) is -0.942. The molecule has 0 aliphatic rings. The van der Waals surface area contributed by atoms with Crippen LogP contribution in [0.1, 0.15) is 15.4 Å². The fraction of sp³-hybridized carbons (Fsp3) is 0.0909. The van der Waals surface area contributed by atoms with E-state index in [0.29, 0.717) is 11.3 Å². The number of benzene rings is 1. The van der Waals surface area contributed by atoms with Crippen molar-refractivity contribution in [1.82, 2.24) is 4.98 Å². The van der Waals surface area contributed by atoms with Crippen LogP contribution in [0.15, 0.2) is 23.7 Å². The maximum atomic E-state index is 12.7. The summed E-state index contributed by atoms with van der Waals surface area (Å²) in [5, 5.41) is 12.7. The number of alkyl halides is 3. The number of nitrogens with one attached hydrogen (secondary N) is 1. The number of carbonyl (C=O) groups excluding carboxylic acids is 1. The van der Waals surface area contributed by atoms with Gasteiger partial charge in [-0.1, -0.05) is 11.6 Å². The van der Waals surface area contributed by atoms with Gasteiger partial charge in [0.1, 0.15) is 9.90 Å². The van der Waals surface area contributed by atoms with Crippen molar-refractivity contribution >= 4 is 40.2 Å². The zero-order chi connectivity index (χ0) is 16.5. The van der Waals surface area contributed by atoms with Gasteiger partial charge in [-0.2, -0.15) is 13.2 Å². The molecule has 22 heavy (non-hydrogen) atoms. The van der Waals surface area contributed by atoms with E-state index in [1.807, 2.05) is 0 Å². The highest BCUT2D eigenvalue weighted by Crippen LogP contribution is 2.33. The SMILES string of the molecule is O=C(Nc1ccc(Cl)c([N+](=O)[O-])c1)c1scnc1C(F)(F)F. The van der Waals surface area contributed by atoms with Crippen LogP contribution in [0.25, 0.3) is 0 Å². The summed E-state index contributed by atoms with van der Waals surface area (Å²) in [6.07, 6.45) is -4.77. The second kappa shape index (κ2) is 5.89. The van der Waals surface area contributed by atoms with Crippen molar-refractivity contribution in [2.45, 2.75) is 6.18 Å². The Bertz CT molecular complexity index is 748. The first-order chi connectivity index (χ1) is 10.2. The molecule has 0 bridgehead atoms. The van der Waals surface area contributed by atoms with E-state index < -0.39 is 33.3 Å². The molecule has 1 amide bonds. The molecule has 11 heteroatoms. The van der Waals surface area contributed by atoms with Crippen LogP contribution < -0.4 is 5.32 Å². The van der Waals surface area contributed by atoms with E-state index in [9.17, 15) is 28.1 Å². The normalized spacial score (nSPS) is 11.3. The lowest BCUT2D eigenvalue weighted by molar-refractivity contribution is -0.384. The Morgan fingerprint density at radius 3 is 2.68 bits per heavy atom. The summed E-state index contributed by atoms with van der Waals surface area (Å²) < 4.78 is 38.0. The highest BCUT2D eigenvalue weighted by molar-refractivity contribution is 7.12. The molecule has 0 saturated heterocycles. The number of anilines is 1. The second-order valence-electron chi connectivity index (χ2n) is 3.91. The Morgan fingerprint density at radius 2 is 2.09 bits per heavy atom. The van der Waals surface area contributed by atoms with Crippen LogP contribution in [-0.4, -0.2) is 15.8 Å². The zero-order valence-electron chi connectivity index (χ0n) is 10.3. The lowest BCUT2D eigenvalue weighted by Gasteiger charge is -2.07. The molecule has 0 spiro atoms. The molecule has 1 N–H and O–H groups in total. The molecule has 0 radical (unpaired) electrons. The fourth-order valence-electron chi connectivity index (χ4n) is 1.53. The highest BCUT2D eigenvalue weighted by atomic mass is 35.5. The van der Waals surface area contributed by atoms with Gasteiger partial charge in [-0.3, -0.25) is 14.9 Å². The van der Waals surface area contributed by atoms with Crippen molar-refractivity contribution in [1.29, 1.82) is 0 Å². The molecular weight excluding hydrogens is 347 g/mol. The molecule has 0 aliphatic carbocycles. The number of nitro groups is 1. The number of aromatic nitrogens is 1. The van der Waals surface area contributed by atoms with Gasteiger partial charge < -0.3 is 5.32 Å². The van der Waals surface area contributed by atoms with Crippen molar-refractivity contribution in [3.05, 3.63) is 49.4 Å². The Labute approximate surface area is 129 Å². The Hall–Kier alpha value is -2.20. The number of thiazole rings is 1. The first kappa shape index (κ1) is 16.2. The molecule has 1 aromatic heterocycles. The number of nitro benzene ring substituents is 1. The van der Waals surface area contributed by atoms with E-state index in [2.05, 4.69) is 10.3 Å². The highest BCUT2D eigenvalue weighted by Gasteiger charge is 2.38. The molecule has 116 valence electrons. The first-order valence-corrected chi connectivity index (χ1v) is 6.72. The molecule has 2 aromatic rings. The fourth-order valence-corrected chi connectivity index (χ4v) is 2.42. The van der Waals surface area contributed by atoms with Crippen LogP contribution >= 0.6 is 22.9 Å². The maximum absolute atomic E-state index is 12.7. The predicted octanol–water partition coefficient (Wildman–Crippen LogP) is 3.98. The van der Waals surface area contributed by atoms with Gasteiger partial charge in [0.2, 0.25) is 0 Å². The summed E-state index contributed by atoms with van der Waals surface area (Å²) in [7, 11) is 0. The van der Waals surface area contributed by atoms with Crippen molar-refractivity contribution in [3.63, 3.8) is 0 Å². The van der Waals surface area contributed by atoms with Crippen LogP contribution in [0.5, 0.6) is 0 Å². The summed E-state index contributed by atoms with van der Waals surface area (Å²) in [6, 6.07) is 3.35. The minimum Gasteiger partial charge on any atom is -0.321 e. The monoisotopic (exact) mass is 351 g/mol. The van der Waals surface area contributed by atoms with Gasteiger partial charge in [0.25, 0.3) is 11.6 Å². The summed E-state index contributed by atoms with van der Waals surface area (Å²) in [6.45, 7) is 0. The molecule has 0 saturated carbocycles. The standard InChI is InChI=1S/C11H5ClF3N3O3S/c12-6-2-1-5(3-7(6)18(20)21)17-10(19)8-9(11(13,14)15)16-4-22-8/h1-4H,(H,17,19). The third-order valence-electron chi connectivity index (χ3n) is 2.44. The van der Waals surface area contributed by atoms with Crippen molar-refractivity contribution in [3.8, 4) is 0 Å². The van der Waals surface area contributed by atoms with Crippen LogP contribution in [0.2, 0.25) is 5.02 Å². The van der Waals surface area contributed by atoms with Gasteiger partial charge >= 0.3 is 6.18 Å². The van der Waals surface area contributed by atoms with Crippen LogP contribution in [0.4, 0.5) is 24.5 Å². The maximum Gasteiger partial charge on any atom is 0.434 e. The number of amides is 1. The Balaban J connectivity index is 2.29. The van der Waals surface area contributed by atoms with E-state index in [1.54, 1.807) is 0 Å². The lowest BCUT2D eigenvalue weighted by Crippen LogP contribution is -2.17. The van der Waals surface area contributed by atoms with E-state index in [1.165, 1.54) is 6.07 Å². The van der Waals surface area contributed by atoms with Gasteiger partial charge in [-0.05, 0) is 12.1 Å². The summed E-state index contributed by atoms with van der Waals surface area (Å²) in [4.78, 5) is 24.3. The molecule has 0 atom stereocenters. The molecule has 1 aromatic carbocycles. The number of rotatable bonds is 3. The number of carbonyl (C=O) groups is 1. The van der Waals surface area contributed by atoms with E-state index in [4.69, 9.17) is 11.6 Å². The molecule has 0 unspecified atom stereocenters. The van der Waals surface area contributed by atoms with Gasteiger partial charge in [0.15, 0.2) is 5.69 Å². The quantitative estimate of drug-likeness (QED) is 0.669. The summed E-state index contributed by atoms with van der Waals surface area (Å²) in [5.74, 6) is -1.06. The van der Waals surface area contributed by atoms with Crippen molar-refractivity contribution in [2.24, 2.45) is 0 Å². The average molecular weight is 352 g/mol. The van der Waals surface area contributed by atoms with Crippen LogP contribution in [-0.2, 0) is 6.18 Å². The first-order valence-electron chi connectivity index (χ1n) is 5.46. The van der Waals surface area contributed by atoms with E-state index in [-0.39, 0.29) is 10.7 Å². The smallest absolute Gasteiger partial charge is 0.321 e. The molecule has 1 heterocycles. The third kappa shape index (κ3) is 3.34. The molecular formula is C11H5ClF3N3O3S. The Morgan fingerprint density at radius 1 is 1.41 bits per heavy atom. The van der Waals surface area contributed by atoms with Crippen molar-refractivity contribution in [2.75, 3.05) is 5.32 Å². The van der Waals surface area contributed by atoms with Crippen molar-refractivity contribution < 1.29 is 22.9 Å². The minimum absolute atomic E-state index is 0.0531. The molecule has 6 nitrogen and oxygen atoms in total. The van der Waals surface area contributed by atoms with E-state index in [0.717, 1.165) is 17.6 Å². The number of halogens is 4. The lowest BCUT2D eigenvalue weighted by atomic mass is 10.2. The zero-order valence-corrected chi connectivity index (χ0v) is 11.9. The Kier molecular flexibility index (Phi) is 4.33. The van der Waals surface area contributed by atoms with Gasteiger partial charge in [-0.25, -0.2) is 4.98 Å². The van der Waals surface area contributed by atoms with E-state index >= 15 is 0 Å². The van der Waals surface area contributed by atoms with Gasteiger partial charge in [-0.15, -0.1) is 11.3 Å². The average Bonchev–Trinajstić information content (AvgIpc) is 2.90. The third-order valence-corrected chi connectivity index (χ3v) is 3.59. The minimum atomic E-state index is -4.77. The molecule has 0 aliphatic heterocycles.